The maximum atomic E-state index is 12.9. The molecule has 1 saturated carbocycles. The molecule has 0 bridgehead atoms. The predicted octanol–water partition coefficient (Wildman–Crippen LogP) is 5.03. The van der Waals surface area contributed by atoms with Crippen molar-refractivity contribution >= 4 is 11.9 Å². The Labute approximate surface area is 167 Å². The monoisotopic (exact) mass is 388 g/mol. The van der Waals surface area contributed by atoms with Gasteiger partial charge >= 0.3 is 11.9 Å². The summed E-state index contributed by atoms with van der Waals surface area (Å²) in [4.78, 5) is 25.7. The molecule has 1 fully saturated rings. The summed E-state index contributed by atoms with van der Waals surface area (Å²) < 4.78 is 11.3. The topological polar surface area (TPSA) is 72.8 Å². The van der Waals surface area contributed by atoms with Crippen LogP contribution in [0.5, 0.6) is 11.5 Å². The van der Waals surface area contributed by atoms with Crippen molar-refractivity contribution in [3.8, 4) is 11.5 Å². The third kappa shape index (κ3) is 5.15. The van der Waals surface area contributed by atoms with Crippen LogP contribution in [-0.4, -0.2) is 23.1 Å². The molecule has 154 valence electrons. The summed E-state index contributed by atoms with van der Waals surface area (Å²) in [6, 6.07) is 6.01. The van der Waals surface area contributed by atoms with Gasteiger partial charge in [-0.05, 0) is 77.1 Å². The predicted molar refractivity (Wildman–Crippen MR) is 108 cm³/mol. The molecule has 0 spiro atoms. The van der Waals surface area contributed by atoms with E-state index in [4.69, 9.17) is 9.47 Å². The zero-order valence-electron chi connectivity index (χ0n) is 17.4. The summed E-state index contributed by atoms with van der Waals surface area (Å²) in [6.07, 6.45) is 5.46. The first-order chi connectivity index (χ1) is 13.1. The number of hydrogen-bond acceptors (Lipinski definition) is 5. The third-order valence-electron chi connectivity index (χ3n) is 5.77. The number of benzene rings is 1. The lowest BCUT2D eigenvalue weighted by molar-refractivity contribution is -0.164. The van der Waals surface area contributed by atoms with Crippen molar-refractivity contribution < 1.29 is 24.2 Å². The van der Waals surface area contributed by atoms with Gasteiger partial charge in [0.15, 0.2) is 0 Å². The third-order valence-corrected chi connectivity index (χ3v) is 5.77. The molecular weight excluding hydrogens is 356 g/mol. The van der Waals surface area contributed by atoms with Crippen LogP contribution in [0.2, 0.25) is 0 Å². The van der Waals surface area contributed by atoms with Crippen LogP contribution in [0.25, 0.3) is 0 Å². The van der Waals surface area contributed by atoms with E-state index < -0.39 is 16.8 Å². The highest BCUT2D eigenvalue weighted by atomic mass is 16.5. The number of carbonyl (C=O) groups excluding carboxylic acids is 2. The van der Waals surface area contributed by atoms with Gasteiger partial charge in [0.1, 0.15) is 17.6 Å². The van der Waals surface area contributed by atoms with Crippen LogP contribution in [0.15, 0.2) is 36.9 Å². The minimum absolute atomic E-state index is 0.103. The van der Waals surface area contributed by atoms with Gasteiger partial charge in [0.05, 0.1) is 10.8 Å². The SMILES string of the molecule is C=CC1CCCC1OC(=O)C(C)(C)CC(C)(CC)C(=O)Oc1ccc(O)cc1. The van der Waals surface area contributed by atoms with Crippen LogP contribution in [0, 0.1) is 16.7 Å². The van der Waals surface area contributed by atoms with Crippen molar-refractivity contribution in [1.82, 2.24) is 0 Å². The van der Waals surface area contributed by atoms with Crippen molar-refractivity contribution in [2.75, 3.05) is 0 Å². The molecule has 0 amide bonds. The average Bonchev–Trinajstić information content (AvgIpc) is 3.10. The lowest BCUT2D eigenvalue weighted by atomic mass is 9.72. The quantitative estimate of drug-likeness (QED) is 0.384. The molecule has 0 aromatic heterocycles. The second kappa shape index (κ2) is 8.80. The molecule has 0 radical (unpaired) electrons. The summed E-state index contributed by atoms with van der Waals surface area (Å²) in [5.41, 5.74) is -1.67. The van der Waals surface area contributed by atoms with Crippen LogP contribution in [0.3, 0.4) is 0 Å². The van der Waals surface area contributed by atoms with Crippen LogP contribution in [0.1, 0.15) is 59.8 Å². The van der Waals surface area contributed by atoms with Gasteiger partial charge in [0.25, 0.3) is 0 Å². The molecule has 1 aliphatic carbocycles. The standard InChI is InChI=1S/C23H32O5/c1-6-16-9-8-10-19(16)28-20(25)22(3,4)15-23(5,7-2)21(26)27-18-13-11-17(24)12-14-18/h6,11-14,16,19,24H,1,7-10,15H2,2-5H3. The lowest BCUT2D eigenvalue weighted by Crippen LogP contribution is -2.40. The van der Waals surface area contributed by atoms with Crippen molar-refractivity contribution in [3.63, 3.8) is 0 Å². The van der Waals surface area contributed by atoms with Gasteiger partial charge in [0.2, 0.25) is 0 Å². The summed E-state index contributed by atoms with van der Waals surface area (Å²) in [6.45, 7) is 11.2. The first kappa shape index (κ1) is 22.0. The Kier molecular flexibility index (Phi) is 6.91. The normalized spacial score (nSPS) is 21.6. The molecule has 1 aromatic rings. The number of phenols is 1. The maximum absolute atomic E-state index is 12.9. The Bertz CT molecular complexity index is 706. The Morgan fingerprint density at radius 3 is 2.39 bits per heavy atom. The molecular formula is C23H32O5. The number of phenolic OH excluding ortho intramolecular Hbond substituents is 1. The number of carbonyl (C=O) groups is 2. The van der Waals surface area contributed by atoms with E-state index in [0.29, 0.717) is 18.6 Å². The Balaban J connectivity index is 2.06. The molecule has 1 aromatic carbocycles. The van der Waals surface area contributed by atoms with Crippen molar-refractivity contribution in [2.45, 2.75) is 65.9 Å². The zero-order chi connectivity index (χ0) is 20.9. The highest BCUT2D eigenvalue weighted by molar-refractivity contribution is 5.81. The number of hydrogen-bond donors (Lipinski definition) is 1. The van der Waals surface area contributed by atoms with Gasteiger partial charge in [-0.2, -0.15) is 0 Å². The molecule has 2 rings (SSSR count). The first-order valence-electron chi connectivity index (χ1n) is 9.96. The minimum Gasteiger partial charge on any atom is -0.508 e. The fourth-order valence-corrected chi connectivity index (χ4v) is 3.80. The van der Waals surface area contributed by atoms with E-state index in [1.54, 1.807) is 0 Å². The van der Waals surface area contributed by atoms with Gasteiger partial charge in [-0.3, -0.25) is 9.59 Å². The van der Waals surface area contributed by atoms with Gasteiger partial charge in [-0.1, -0.05) is 13.0 Å². The molecule has 0 saturated heterocycles. The lowest BCUT2D eigenvalue weighted by Gasteiger charge is -2.34. The zero-order valence-corrected chi connectivity index (χ0v) is 17.4. The number of ether oxygens (including phenoxy) is 2. The largest absolute Gasteiger partial charge is 0.508 e. The van der Waals surface area contributed by atoms with Crippen LogP contribution in [-0.2, 0) is 14.3 Å². The van der Waals surface area contributed by atoms with Crippen molar-refractivity contribution in [3.05, 3.63) is 36.9 Å². The van der Waals surface area contributed by atoms with E-state index in [0.717, 1.165) is 19.3 Å². The van der Waals surface area contributed by atoms with Gasteiger partial charge in [0, 0.05) is 5.92 Å². The molecule has 1 N–H and O–H groups in total. The molecule has 0 aliphatic heterocycles. The molecule has 5 nitrogen and oxygen atoms in total. The van der Waals surface area contributed by atoms with E-state index in [2.05, 4.69) is 6.58 Å². The van der Waals surface area contributed by atoms with E-state index in [1.165, 1.54) is 24.3 Å². The summed E-state index contributed by atoms with van der Waals surface area (Å²) >= 11 is 0. The Hall–Kier alpha value is -2.30. The van der Waals surface area contributed by atoms with Crippen LogP contribution >= 0.6 is 0 Å². The van der Waals surface area contributed by atoms with Gasteiger partial charge in [-0.25, -0.2) is 0 Å². The Morgan fingerprint density at radius 2 is 1.82 bits per heavy atom. The molecule has 3 unspecified atom stereocenters. The summed E-state index contributed by atoms with van der Waals surface area (Å²) in [5.74, 6) is -0.0131. The van der Waals surface area contributed by atoms with Crippen LogP contribution < -0.4 is 4.74 Å². The van der Waals surface area contributed by atoms with Gasteiger partial charge in [-0.15, -0.1) is 6.58 Å². The van der Waals surface area contributed by atoms with E-state index >= 15 is 0 Å². The Morgan fingerprint density at radius 1 is 1.18 bits per heavy atom. The van der Waals surface area contributed by atoms with Crippen molar-refractivity contribution in [1.29, 1.82) is 0 Å². The molecule has 0 heterocycles. The van der Waals surface area contributed by atoms with E-state index in [1.807, 2.05) is 33.8 Å². The fraction of sp³-hybridized carbons (Fsp3) is 0.565. The number of aromatic hydroxyl groups is 1. The fourth-order valence-electron chi connectivity index (χ4n) is 3.80. The maximum Gasteiger partial charge on any atom is 0.317 e. The van der Waals surface area contributed by atoms with E-state index in [9.17, 15) is 14.7 Å². The summed E-state index contributed by atoms with van der Waals surface area (Å²) in [5, 5.41) is 9.37. The second-order valence-electron chi connectivity index (χ2n) is 8.63. The smallest absolute Gasteiger partial charge is 0.317 e. The second-order valence-corrected chi connectivity index (χ2v) is 8.63. The van der Waals surface area contributed by atoms with E-state index in [-0.39, 0.29) is 23.7 Å². The number of rotatable bonds is 8. The summed E-state index contributed by atoms with van der Waals surface area (Å²) in [7, 11) is 0. The highest BCUT2D eigenvalue weighted by Gasteiger charge is 2.44. The molecule has 5 heteroatoms. The molecule has 1 aliphatic rings. The molecule has 28 heavy (non-hydrogen) atoms. The first-order valence-corrected chi connectivity index (χ1v) is 9.96. The molecule has 3 atom stereocenters. The highest BCUT2D eigenvalue weighted by Crippen LogP contribution is 2.40. The van der Waals surface area contributed by atoms with Crippen molar-refractivity contribution in [2.24, 2.45) is 16.7 Å². The minimum atomic E-state index is -0.839. The average molecular weight is 389 g/mol. The number of esters is 2. The van der Waals surface area contributed by atoms with Gasteiger partial charge < -0.3 is 14.6 Å². The van der Waals surface area contributed by atoms with Crippen LogP contribution in [0.4, 0.5) is 0 Å².